The minimum Gasteiger partial charge on any atom is -0.493 e. The molecule has 0 saturated carbocycles. The minimum absolute atomic E-state index is 0.173. The Morgan fingerprint density at radius 3 is 2.48 bits per heavy atom. The van der Waals surface area contributed by atoms with Gasteiger partial charge in [0, 0.05) is 12.6 Å². The first kappa shape index (κ1) is 18.1. The summed E-state index contributed by atoms with van der Waals surface area (Å²) in [7, 11) is 3.24. The van der Waals surface area contributed by atoms with Crippen LogP contribution in [0.3, 0.4) is 0 Å². The van der Waals surface area contributed by atoms with Gasteiger partial charge in [0.15, 0.2) is 11.5 Å². The van der Waals surface area contributed by atoms with Gasteiger partial charge in [-0.05, 0) is 31.0 Å². The highest BCUT2D eigenvalue weighted by Crippen LogP contribution is 2.28. The van der Waals surface area contributed by atoms with E-state index in [4.69, 9.17) is 9.47 Å². The standard InChI is InChI=1S/C16H24INO3/c1-5-6-12(2)18(16(19)10-17)11-13-7-8-14(20-3)15(9-13)21-4/h7-9,12H,5-6,10-11H2,1-4H3. The number of amides is 1. The smallest absolute Gasteiger partial charge is 0.232 e. The molecule has 0 saturated heterocycles. The van der Waals surface area contributed by atoms with Crippen LogP contribution in [-0.4, -0.2) is 35.5 Å². The number of halogens is 1. The number of hydrogen-bond donors (Lipinski definition) is 0. The van der Waals surface area contributed by atoms with Crippen molar-refractivity contribution in [1.82, 2.24) is 4.90 Å². The number of ether oxygens (including phenoxy) is 2. The van der Waals surface area contributed by atoms with Crippen molar-refractivity contribution in [3.63, 3.8) is 0 Å². The van der Waals surface area contributed by atoms with Gasteiger partial charge in [0.25, 0.3) is 0 Å². The lowest BCUT2D eigenvalue weighted by atomic mass is 10.1. The molecule has 1 rings (SSSR count). The molecule has 0 aromatic heterocycles. The van der Waals surface area contributed by atoms with E-state index in [0.29, 0.717) is 22.5 Å². The predicted molar refractivity (Wildman–Crippen MR) is 93.4 cm³/mol. The Bertz CT molecular complexity index is 465. The second-order valence-electron chi connectivity index (χ2n) is 4.98. The Hall–Kier alpha value is -0.980. The Kier molecular flexibility index (Phi) is 7.85. The average molecular weight is 405 g/mol. The molecule has 0 N–H and O–H groups in total. The Morgan fingerprint density at radius 1 is 1.29 bits per heavy atom. The van der Waals surface area contributed by atoms with Gasteiger partial charge in [-0.1, -0.05) is 42.0 Å². The summed E-state index contributed by atoms with van der Waals surface area (Å²) < 4.78 is 11.1. The van der Waals surface area contributed by atoms with Crippen LogP contribution in [0.1, 0.15) is 32.3 Å². The largest absolute Gasteiger partial charge is 0.493 e. The molecule has 0 spiro atoms. The third-order valence-corrected chi connectivity index (χ3v) is 4.13. The lowest BCUT2D eigenvalue weighted by molar-refractivity contribution is -0.130. The average Bonchev–Trinajstić information content (AvgIpc) is 2.51. The van der Waals surface area contributed by atoms with Crippen molar-refractivity contribution in [3.8, 4) is 11.5 Å². The molecule has 0 heterocycles. The molecule has 0 aliphatic rings. The van der Waals surface area contributed by atoms with Gasteiger partial charge < -0.3 is 14.4 Å². The quantitative estimate of drug-likeness (QED) is 0.490. The van der Waals surface area contributed by atoms with Crippen molar-refractivity contribution >= 4 is 28.5 Å². The fraction of sp³-hybridized carbons (Fsp3) is 0.562. The molecule has 118 valence electrons. The van der Waals surface area contributed by atoms with Crippen LogP contribution in [-0.2, 0) is 11.3 Å². The second kappa shape index (κ2) is 9.12. The maximum Gasteiger partial charge on any atom is 0.232 e. The summed E-state index contributed by atoms with van der Waals surface area (Å²) in [4.78, 5) is 14.1. The van der Waals surface area contributed by atoms with Crippen molar-refractivity contribution in [1.29, 1.82) is 0 Å². The number of benzene rings is 1. The van der Waals surface area contributed by atoms with Crippen molar-refractivity contribution in [2.45, 2.75) is 39.3 Å². The van der Waals surface area contributed by atoms with E-state index in [9.17, 15) is 4.79 Å². The molecule has 4 nitrogen and oxygen atoms in total. The second-order valence-corrected chi connectivity index (χ2v) is 5.75. The summed E-state index contributed by atoms with van der Waals surface area (Å²) in [5, 5.41) is 0. The van der Waals surface area contributed by atoms with E-state index in [1.165, 1.54) is 0 Å². The SMILES string of the molecule is CCCC(C)N(Cc1ccc(OC)c(OC)c1)C(=O)CI. The fourth-order valence-corrected chi connectivity index (χ4v) is 2.75. The van der Waals surface area contributed by atoms with E-state index >= 15 is 0 Å². The normalized spacial score (nSPS) is 11.9. The number of methoxy groups -OCH3 is 2. The van der Waals surface area contributed by atoms with E-state index < -0.39 is 0 Å². The molecule has 1 unspecified atom stereocenters. The Balaban J connectivity index is 2.95. The van der Waals surface area contributed by atoms with Gasteiger partial charge in [-0.25, -0.2) is 0 Å². The predicted octanol–water partition coefficient (Wildman–Crippen LogP) is 3.66. The molecule has 0 bridgehead atoms. The zero-order chi connectivity index (χ0) is 15.8. The van der Waals surface area contributed by atoms with Crippen LogP contribution >= 0.6 is 22.6 Å². The highest BCUT2D eigenvalue weighted by atomic mass is 127. The maximum atomic E-state index is 12.2. The number of nitrogens with zero attached hydrogens (tertiary/aromatic N) is 1. The van der Waals surface area contributed by atoms with E-state index in [1.807, 2.05) is 23.1 Å². The van der Waals surface area contributed by atoms with Crippen LogP contribution in [0.5, 0.6) is 11.5 Å². The monoisotopic (exact) mass is 405 g/mol. The topological polar surface area (TPSA) is 38.8 Å². The van der Waals surface area contributed by atoms with Crippen molar-refractivity contribution in [2.75, 3.05) is 18.6 Å². The highest BCUT2D eigenvalue weighted by molar-refractivity contribution is 14.1. The zero-order valence-electron chi connectivity index (χ0n) is 13.2. The third kappa shape index (κ3) is 5.05. The first-order valence-electron chi connectivity index (χ1n) is 7.13. The van der Waals surface area contributed by atoms with Gasteiger partial charge in [0.1, 0.15) is 0 Å². The number of rotatable bonds is 8. The molecule has 1 aromatic rings. The van der Waals surface area contributed by atoms with Gasteiger partial charge in [-0.15, -0.1) is 0 Å². The minimum atomic E-state index is 0.173. The van der Waals surface area contributed by atoms with Crippen LogP contribution in [0.15, 0.2) is 18.2 Å². The van der Waals surface area contributed by atoms with Crippen LogP contribution in [0.25, 0.3) is 0 Å². The van der Waals surface area contributed by atoms with E-state index in [2.05, 4.69) is 36.4 Å². The van der Waals surface area contributed by atoms with Gasteiger partial charge in [0.2, 0.25) is 5.91 Å². The Labute approximate surface area is 140 Å². The van der Waals surface area contributed by atoms with E-state index in [-0.39, 0.29) is 11.9 Å². The molecule has 1 amide bonds. The zero-order valence-corrected chi connectivity index (χ0v) is 15.3. The van der Waals surface area contributed by atoms with Crippen LogP contribution in [0, 0.1) is 0 Å². The van der Waals surface area contributed by atoms with E-state index in [1.54, 1.807) is 14.2 Å². The summed E-state index contributed by atoms with van der Waals surface area (Å²) in [6.07, 6.45) is 2.08. The first-order valence-corrected chi connectivity index (χ1v) is 8.66. The molecule has 21 heavy (non-hydrogen) atoms. The fourth-order valence-electron chi connectivity index (χ4n) is 2.32. The summed E-state index contributed by atoms with van der Waals surface area (Å²) in [5.41, 5.74) is 1.05. The van der Waals surface area contributed by atoms with Gasteiger partial charge >= 0.3 is 0 Å². The summed E-state index contributed by atoms with van der Waals surface area (Å²) in [6.45, 7) is 4.84. The molecule has 1 atom stereocenters. The third-order valence-electron chi connectivity index (χ3n) is 3.47. The molecule has 5 heteroatoms. The number of carbonyl (C=O) groups is 1. The molecule has 0 radical (unpaired) electrons. The van der Waals surface area contributed by atoms with Gasteiger partial charge in [-0.3, -0.25) is 4.79 Å². The van der Waals surface area contributed by atoms with Crippen molar-refractivity contribution in [2.24, 2.45) is 0 Å². The van der Waals surface area contributed by atoms with Gasteiger partial charge in [-0.2, -0.15) is 0 Å². The summed E-state index contributed by atoms with van der Waals surface area (Å²) in [5.74, 6) is 1.57. The van der Waals surface area contributed by atoms with E-state index in [0.717, 1.165) is 18.4 Å². The lowest BCUT2D eigenvalue weighted by Crippen LogP contribution is -2.38. The number of hydrogen-bond acceptors (Lipinski definition) is 3. The highest BCUT2D eigenvalue weighted by Gasteiger charge is 2.19. The molecular weight excluding hydrogens is 381 g/mol. The van der Waals surface area contributed by atoms with Crippen molar-refractivity contribution < 1.29 is 14.3 Å². The first-order chi connectivity index (χ1) is 10.1. The molecule has 1 aromatic carbocycles. The van der Waals surface area contributed by atoms with Crippen LogP contribution in [0.4, 0.5) is 0 Å². The number of alkyl halides is 1. The molecule has 0 aliphatic heterocycles. The molecule has 0 aliphatic carbocycles. The van der Waals surface area contributed by atoms with Crippen LogP contribution in [0.2, 0.25) is 0 Å². The number of carbonyl (C=O) groups excluding carboxylic acids is 1. The summed E-state index contributed by atoms with van der Waals surface area (Å²) in [6, 6.07) is 6.04. The van der Waals surface area contributed by atoms with Crippen LogP contribution < -0.4 is 9.47 Å². The van der Waals surface area contributed by atoms with Crippen molar-refractivity contribution in [3.05, 3.63) is 23.8 Å². The lowest BCUT2D eigenvalue weighted by Gasteiger charge is -2.29. The maximum absolute atomic E-state index is 12.2. The Morgan fingerprint density at radius 2 is 1.95 bits per heavy atom. The summed E-state index contributed by atoms with van der Waals surface area (Å²) >= 11 is 2.12. The molecule has 0 fully saturated rings. The van der Waals surface area contributed by atoms with Gasteiger partial charge in [0.05, 0.1) is 18.6 Å². The molecular formula is C16H24INO3.